The molecule has 1 aromatic rings. The molecule has 1 N–H and O–H groups in total. The highest BCUT2D eigenvalue weighted by Crippen LogP contribution is 2.13. The van der Waals surface area contributed by atoms with Crippen LogP contribution in [0.15, 0.2) is 30.3 Å². The Labute approximate surface area is 127 Å². The van der Waals surface area contributed by atoms with Crippen molar-refractivity contribution in [3.8, 4) is 0 Å². The number of hydrogen-bond acceptors (Lipinski definition) is 3. The molecule has 0 atom stereocenters. The van der Waals surface area contributed by atoms with Crippen LogP contribution in [0.4, 0.5) is 10.5 Å². The fourth-order valence-corrected chi connectivity index (χ4v) is 1.67. The minimum atomic E-state index is -0.450. The highest BCUT2D eigenvalue weighted by Gasteiger charge is 2.15. The second-order valence-corrected chi connectivity index (χ2v) is 6.11. The van der Waals surface area contributed by atoms with Crippen molar-refractivity contribution in [1.82, 2.24) is 5.32 Å². The quantitative estimate of drug-likeness (QED) is 0.841. The van der Waals surface area contributed by atoms with E-state index >= 15 is 0 Å². The normalized spacial score (nSPS) is 11.5. The van der Waals surface area contributed by atoms with Crippen molar-refractivity contribution in [3.63, 3.8) is 0 Å². The van der Waals surface area contributed by atoms with Crippen LogP contribution in [0.2, 0.25) is 0 Å². The molecule has 0 spiro atoms. The molecule has 1 amide bonds. The molecule has 0 aliphatic rings. The summed E-state index contributed by atoms with van der Waals surface area (Å²) in [6.45, 7) is 6.12. The first kappa shape index (κ1) is 17.1. The van der Waals surface area contributed by atoms with Crippen molar-refractivity contribution in [3.05, 3.63) is 35.9 Å². The maximum absolute atomic E-state index is 11.4. The third-order valence-electron chi connectivity index (χ3n) is 2.70. The molecule has 0 radical (unpaired) electrons. The third-order valence-corrected chi connectivity index (χ3v) is 2.70. The minimum Gasteiger partial charge on any atom is -0.444 e. The number of benzene rings is 1. The van der Waals surface area contributed by atoms with E-state index in [-0.39, 0.29) is 6.09 Å². The molecule has 1 aromatic carbocycles. The van der Waals surface area contributed by atoms with Gasteiger partial charge in [-0.25, -0.2) is 4.79 Å². The Hall–Kier alpha value is -1.97. The fraction of sp³-hybridized carbons (Fsp3) is 0.471. The van der Waals surface area contributed by atoms with Gasteiger partial charge >= 0.3 is 6.09 Å². The molecule has 0 unspecified atom stereocenters. The molecule has 0 saturated heterocycles. The van der Waals surface area contributed by atoms with E-state index in [0.717, 1.165) is 12.0 Å². The van der Waals surface area contributed by atoms with E-state index in [9.17, 15) is 4.79 Å². The number of nitrogens with one attached hydrogen (secondary N) is 1. The van der Waals surface area contributed by atoms with Crippen molar-refractivity contribution in [1.29, 1.82) is 0 Å². The molecule has 0 saturated carbocycles. The average molecular weight is 290 g/mol. The third kappa shape index (κ3) is 7.40. The van der Waals surface area contributed by atoms with E-state index < -0.39 is 5.60 Å². The topological polar surface area (TPSA) is 41.6 Å². The molecule has 21 heavy (non-hydrogen) atoms. The standard InChI is InChI=1S/C17H26N2O2/c1-17(2,3)21-16(20)18-13-7-6-8-14-9-11-15(12-10-14)19(4)5/h6,8-12H,7,13H2,1-5H3,(H,18,20). The van der Waals surface area contributed by atoms with Gasteiger partial charge in [0.15, 0.2) is 0 Å². The molecule has 4 nitrogen and oxygen atoms in total. The Morgan fingerprint density at radius 2 is 1.86 bits per heavy atom. The largest absolute Gasteiger partial charge is 0.444 e. The lowest BCUT2D eigenvalue weighted by Crippen LogP contribution is -2.32. The molecule has 0 aliphatic carbocycles. The maximum atomic E-state index is 11.4. The first-order valence-corrected chi connectivity index (χ1v) is 7.19. The van der Waals surface area contributed by atoms with Crippen LogP contribution in [0, 0.1) is 0 Å². The van der Waals surface area contributed by atoms with Gasteiger partial charge in [0, 0.05) is 26.3 Å². The van der Waals surface area contributed by atoms with Crippen LogP contribution in [0.5, 0.6) is 0 Å². The van der Waals surface area contributed by atoms with Gasteiger partial charge in [0.1, 0.15) is 5.60 Å². The summed E-state index contributed by atoms with van der Waals surface area (Å²) in [6.07, 6.45) is 4.50. The second kappa shape index (κ2) is 7.72. The highest BCUT2D eigenvalue weighted by atomic mass is 16.6. The maximum Gasteiger partial charge on any atom is 0.407 e. The van der Waals surface area contributed by atoms with E-state index in [0.29, 0.717) is 6.54 Å². The SMILES string of the molecule is CN(C)c1ccc(C=CCCNC(=O)OC(C)(C)C)cc1. The van der Waals surface area contributed by atoms with E-state index in [2.05, 4.69) is 40.6 Å². The van der Waals surface area contributed by atoms with Crippen LogP contribution in [-0.4, -0.2) is 32.3 Å². The first-order chi connectivity index (χ1) is 9.78. The molecule has 4 heteroatoms. The Morgan fingerprint density at radius 3 is 2.38 bits per heavy atom. The summed E-state index contributed by atoms with van der Waals surface area (Å²) < 4.78 is 5.16. The fourth-order valence-electron chi connectivity index (χ4n) is 1.67. The summed E-state index contributed by atoms with van der Waals surface area (Å²) in [5.41, 5.74) is 1.88. The Morgan fingerprint density at radius 1 is 1.24 bits per heavy atom. The van der Waals surface area contributed by atoms with Gasteiger partial charge in [-0.05, 0) is 44.9 Å². The van der Waals surface area contributed by atoms with Crippen LogP contribution in [-0.2, 0) is 4.74 Å². The van der Waals surface area contributed by atoms with Crippen LogP contribution < -0.4 is 10.2 Å². The Bertz CT molecular complexity index is 471. The molecule has 116 valence electrons. The first-order valence-electron chi connectivity index (χ1n) is 7.19. The van der Waals surface area contributed by atoms with Gasteiger partial charge in [-0.15, -0.1) is 0 Å². The van der Waals surface area contributed by atoms with Gasteiger partial charge < -0.3 is 15.0 Å². The van der Waals surface area contributed by atoms with Crippen LogP contribution in [0.3, 0.4) is 0 Å². The van der Waals surface area contributed by atoms with Gasteiger partial charge in [0.05, 0.1) is 0 Å². The lowest BCUT2D eigenvalue weighted by Gasteiger charge is -2.19. The molecule has 0 fully saturated rings. The molecule has 0 heterocycles. The monoisotopic (exact) mass is 290 g/mol. The second-order valence-electron chi connectivity index (χ2n) is 6.11. The zero-order valence-electron chi connectivity index (χ0n) is 13.6. The molecule has 0 bridgehead atoms. The number of alkyl carbamates (subject to hydrolysis) is 1. The molecular weight excluding hydrogens is 264 g/mol. The smallest absolute Gasteiger partial charge is 0.407 e. The molecule has 0 aliphatic heterocycles. The van der Waals surface area contributed by atoms with Gasteiger partial charge in [0.2, 0.25) is 0 Å². The Kier molecular flexibility index (Phi) is 6.28. The lowest BCUT2D eigenvalue weighted by molar-refractivity contribution is 0.0529. The average Bonchev–Trinajstić information content (AvgIpc) is 2.36. The lowest BCUT2D eigenvalue weighted by atomic mass is 10.2. The predicted molar refractivity (Wildman–Crippen MR) is 88.7 cm³/mol. The number of carbonyl (C=O) groups excluding carboxylic acids is 1. The minimum absolute atomic E-state index is 0.369. The van der Waals surface area contributed by atoms with Crippen LogP contribution >= 0.6 is 0 Å². The number of carbonyl (C=O) groups is 1. The van der Waals surface area contributed by atoms with E-state index in [4.69, 9.17) is 4.74 Å². The zero-order chi connectivity index (χ0) is 15.9. The van der Waals surface area contributed by atoms with E-state index in [1.54, 1.807) is 0 Å². The molecule has 1 rings (SSSR count). The summed E-state index contributed by atoms with van der Waals surface area (Å²) in [5, 5.41) is 2.73. The number of amides is 1. The van der Waals surface area contributed by atoms with Gasteiger partial charge in [-0.2, -0.15) is 0 Å². The summed E-state index contributed by atoms with van der Waals surface area (Å²) in [5.74, 6) is 0. The van der Waals surface area contributed by atoms with Crippen LogP contribution in [0.1, 0.15) is 32.8 Å². The molecular formula is C17H26N2O2. The highest BCUT2D eigenvalue weighted by molar-refractivity contribution is 5.67. The number of hydrogen-bond donors (Lipinski definition) is 1. The Balaban J connectivity index is 2.30. The number of anilines is 1. The van der Waals surface area contributed by atoms with Crippen molar-refractivity contribution in [2.24, 2.45) is 0 Å². The summed E-state index contributed by atoms with van der Waals surface area (Å²) in [7, 11) is 4.04. The zero-order valence-corrected chi connectivity index (χ0v) is 13.6. The van der Waals surface area contributed by atoms with Gasteiger partial charge in [0.25, 0.3) is 0 Å². The van der Waals surface area contributed by atoms with Crippen molar-refractivity contribution in [2.45, 2.75) is 32.8 Å². The van der Waals surface area contributed by atoms with Crippen molar-refractivity contribution < 1.29 is 9.53 Å². The van der Waals surface area contributed by atoms with Crippen LogP contribution in [0.25, 0.3) is 6.08 Å². The van der Waals surface area contributed by atoms with E-state index in [1.807, 2.05) is 40.9 Å². The summed E-state index contributed by atoms with van der Waals surface area (Å²) >= 11 is 0. The van der Waals surface area contributed by atoms with Gasteiger partial charge in [-0.1, -0.05) is 24.3 Å². The van der Waals surface area contributed by atoms with Gasteiger partial charge in [-0.3, -0.25) is 0 Å². The predicted octanol–water partition coefficient (Wildman–Crippen LogP) is 3.68. The number of ether oxygens (including phenoxy) is 1. The summed E-state index contributed by atoms with van der Waals surface area (Å²) in [4.78, 5) is 13.5. The number of rotatable bonds is 5. The summed E-state index contributed by atoms with van der Waals surface area (Å²) in [6, 6.07) is 8.32. The molecule has 0 aromatic heterocycles. The van der Waals surface area contributed by atoms with E-state index in [1.165, 1.54) is 5.69 Å². The van der Waals surface area contributed by atoms with Crippen molar-refractivity contribution >= 4 is 17.9 Å². The van der Waals surface area contributed by atoms with Crippen molar-refractivity contribution in [2.75, 3.05) is 25.5 Å². The number of nitrogens with zero attached hydrogens (tertiary/aromatic N) is 1.